The third-order valence-corrected chi connectivity index (χ3v) is 14.2. The van der Waals surface area contributed by atoms with Crippen LogP contribution >= 0.6 is 0 Å². The molecule has 0 unspecified atom stereocenters. The summed E-state index contributed by atoms with van der Waals surface area (Å²) in [6, 6.07) is 83.4. The monoisotopic (exact) mass is 1130 g/mol. The van der Waals surface area contributed by atoms with Gasteiger partial charge in [-0.1, -0.05) is 114 Å². The Hall–Kier alpha value is -8.34. The van der Waals surface area contributed by atoms with Gasteiger partial charge in [-0.3, -0.25) is 0 Å². The number of aromatic nitrogens is 4. The number of hydrogen-bond acceptors (Lipinski definition) is 3. The number of aryl methyl sites for hydroxylation is 6. The molecule has 4 nitrogen and oxygen atoms in total. The summed E-state index contributed by atoms with van der Waals surface area (Å²) >= 11 is 0. The molecule has 0 aliphatic carbocycles. The SMILES string of the molecule is Cc1cc(-c2[c-]cccc2)ncc1CCc1cc(CCc2cnc(-c3[c-]cccc3)cc2C)cc(-c2ccccc2-c2cnc(-c3[c-]cccc3)cc2-c2ccc3c(c2)c2ccccc2n3-c2ccccc2)c1.[Ir+3]. The molecule has 12 aromatic rings. The minimum Gasteiger partial charge on any atom is -0.309 e. The Bertz CT molecular complexity index is 3810. The summed E-state index contributed by atoms with van der Waals surface area (Å²) in [6.07, 6.45) is 9.68. The molecule has 5 heteroatoms. The van der Waals surface area contributed by atoms with Crippen LogP contribution in [-0.2, 0) is 45.8 Å². The smallest absolute Gasteiger partial charge is 0.309 e. The first kappa shape index (κ1) is 48.0. The summed E-state index contributed by atoms with van der Waals surface area (Å²) in [5.74, 6) is 0. The van der Waals surface area contributed by atoms with E-state index in [1.165, 1.54) is 60.8 Å². The van der Waals surface area contributed by atoms with Gasteiger partial charge in [-0.2, -0.15) is 0 Å². The Kier molecular flexibility index (Phi) is 13.9. The Morgan fingerprint density at radius 1 is 0.378 bits per heavy atom. The van der Waals surface area contributed by atoms with Gasteiger partial charge in [-0.25, -0.2) is 0 Å². The maximum absolute atomic E-state index is 5.18. The average Bonchev–Trinajstić information content (AvgIpc) is 3.79. The number of rotatable bonds is 13. The molecule has 0 aliphatic rings. The standard InChI is InChI=1S/C69H51N4.Ir/c1-47-37-65(51-19-7-3-8-20-51)70-44-55(47)33-31-49-39-50(32-34-56-45-71-66(38-48(56)2)52-21-9-4-10-22-52)41-57(40-49)59-27-15-16-28-60(59)64-46-72-67(53-23-11-5-12-24-53)43-62(64)54-35-36-69-63(42-54)61-29-17-18-30-68(61)73(69)58-25-13-6-14-26-58;/h3-19,21,23,25-30,35-46H,31-34H2,1-2H3;/q-3;+3. The quantitative estimate of drug-likeness (QED) is 0.108. The van der Waals surface area contributed by atoms with Crippen molar-refractivity contribution in [1.82, 2.24) is 19.5 Å². The van der Waals surface area contributed by atoms with Gasteiger partial charge in [-0.05, 0) is 137 Å². The number of hydrogen-bond donors (Lipinski definition) is 0. The van der Waals surface area contributed by atoms with E-state index in [4.69, 9.17) is 15.0 Å². The van der Waals surface area contributed by atoms with Crippen LogP contribution in [-0.4, -0.2) is 19.5 Å². The fourth-order valence-electron chi connectivity index (χ4n) is 10.4. The van der Waals surface area contributed by atoms with Gasteiger partial charge in [-0.15, -0.1) is 108 Å². The van der Waals surface area contributed by atoms with Crippen molar-refractivity contribution < 1.29 is 20.1 Å². The maximum atomic E-state index is 5.18. The second kappa shape index (κ2) is 21.4. The minimum atomic E-state index is 0. The predicted molar refractivity (Wildman–Crippen MR) is 300 cm³/mol. The fraction of sp³-hybridized carbons (Fsp3) is 0.0870. The second-order valence-electron chi connectivity index (χ2n) is 18.9. The van der Waals surface area contributed by atoms with Crippen LogP contribution in [0.5, 0.6) is 0 Å². The number of pyridine rings is 3. The molecule has 0 bridgehead atoms. The molecule has 0 saturated carbocycles. The van der Waals surface area contributed by atoms with Gasteiger partial charge in [0.2, 0.25) is 0 Å². The van der Waals surface area contributed by atoms with Gasteiger partial charge in [0.15, 0.2) is 0 Å². The maximum Gasteiger partial charge on any atom is 3.00 e. The molecular weight excluding hydrogens is 1080 g/mol. The Morgan fingerprint density at radius 3 is 1.47 bits per heavy atom. The number of benzene rings is 8. The largest absolute Gasteiger partial charge is 3.00 e. The minimum absolute atomic E-state index is 0. The molecule has 8 aromatic carbocycles. The van der Waals surface area contributed by atoms with E-state index in [0.29, 0.717) is 0 Å². The van der Waals surface area contributed by atoms with E-state index in [1.54, 1.807) is 0 Å². The molecule has 0 amide bonds. The zero-order valence-electron chi connectivity index (χ0n) is 41.3. The molecule has 0 radical (unpaired) electrons. The van der Waals surface area contributed by atoms with Crippen molar-refractivity contribution in [3.63, 3.8) is 0 Å². The zero-order chi connectivity index (χ0) is 49.1. The molecule has 0 aliphatic heterocycles. The molecule has 4 heterocycles. The van der Waals surface area contributed by atoms with Gasteiger partial charge in [0.25, 0.3) is 0 Å². The van der Waals surface area contributed by atoms with Crippen molar-refractivity contribution in [2.24, 2.45) is 0 Å². The number of fused-ring (bicyclic) bond motifs is 3. The normalized spacial score (nSPS) is 11.2. The molecule has 4 aromatic heterocycles. The van der Waals surface area contributed by atoms with Crippen molar-refractivity contribution in [1.29, 1.82) is 0 Å². The van der Waals surface area contributed by atoms with Gasteiger partial charge >= 0.3 is 20.1 Å². The Morgan fingerprint density at radius 2 is 0.892 bits per heavy atom. The number of para-hydroxylation sites is 2. The first-order chi connectivity index (χ1) is 36.0. The van der Waals surface area contributed by atoms with Crippen LogP contribution in [0.4, 0.5) is 0 Å². The van der Waals surface area contributed by atoms with E-state index in [1.807, 2.05) is 48.5 Å². The summed E-state index contributed by atoms with van der Waals surface area (Å²) in [5, 5.41) is 2.42. The van der Waals surface area contributed by atoms with Gasteiger partial charge < -0.3 is 19.5 Å². The van der Waals surface area contributed by atoms with Crippen LogP contribution in [0.25, 0.3) is 94.6 Å². The molecule has 0 saturated heterocycles. The topological polar surface area (TPSA) is 43.6 Å². The first-order valence-electron chi connectivity index (χ1n) is 25.1. The zero-order valence-corrected chi connectivity index (χ0v) is 43.7. The summed E-state index contributed by atoms with van der Waals surface area (Å²) in [6.45, 7) is 4.40. The second-order valence-corrected chi connectivity index (χ2v) is 18.9. The molecular formula is C69H51IrN4. The van der Waals surface area contributed by atoms with Crippen molar-refractivity contribution in [3.05, 3.63) is 276 Å². The molecule has 74 heavy (non-hydrogen) atoms. The molecule has 0 fully saturated rings. The fourth-order valence-corrected chi connectivity index (χ4v) is 10.4. The molecule has 0 N–H and O–H groups in total. The molecule has 0 atom stereocenters. The molecule has 356 valence electrons. The van der Waals surface area contributed by atoms with Crippen LogP contribution in [0.15, 0.2) is 225 Å². The average molecular weight is 1130 g/mol. The van der Waals surface area contributed by atoms with E-state index in [2.05, 4.69) is 213 Å². The Balaban J connectivity index is 0.00000588. The van der Waals surface area contributed by atoms with Crippen molar-refractivity contribution >= 4 is 21.8 Å². The van der Waals surface area contributed by atoms with Gasteiger partial charge in [0.1, 0.15) is 0 Å². The van der Waals surface area contributed by atoms with Crippen LogP contribution < -0.4 is 0 Å². The molecule has 0 spiro atoms. The van der Waals surface area contributed by atoms with Gasteiger partial charge in [0, 0.05) is 40.6 Å². The van der Waals surface area contributed by atoms with Crippen molar-refractivity contribution in [2.45, 2.75) is 39.5 Å². The van der Waals surface area contributed by atoms with Crippen LogP contribution in [0.1, 0.15) is 33.4 Å². The van der Waals surface area contributed by atoms with Gasteiger partial charge in [0.05, 0.1) is 11.0 Å². The van der Waals surface area contributed by atoms with E-state index < -0.39 is 0 Å². The van der Waals surface area contributed by atoms with E-state index in [0.717, 1.165) is 93.0 Å². The van der Waals surface area contributed by atoms with E-state index in [9.17, 15) is 0 Å². The van der Waals surface area contributed by atoms with Crippen LogP contribution in [0.2, 0.25) is 0 Å². The first-order valence-corrected chi connectivity index (χ1v) is 25.1. The third-order valence-electron chi connectivity index (χ3n) is 14.2. The van der Waals surface area contributed by atoms with E-state index >= 15 is 0 Å². The van der Waals surface area contributed by atoms with Crippen LogP contribution in [0, 0.1) is 32.0 Å². The van der Waals surface area contributed by atoms with Crippen molar-refractivity contribution in [3.8, 4) is 72.8 Å². The summed E-state index contributed by atoms with van der Waals surface area (Å²) < 4.78 is 2.37. The third kappa shape index (κ3) is 9.80. The molecule has 12 rings (SSSR count). The predicted octanol–water partition coefficient (Wildman–Crippen LogP) is 16.6. The van der Waals surface area contributed by atoms with Crippen LogP contribution in [0.3, 0.4) is 0 Å². The summed E-state index contributed by atoms with van der Waals surface area (Å²) in [4.78, 5) is 15.0. The van der Waals surface area contributed by atoms with Crippen molar-refractivity contribution in [2.75, 3.05) is 0 Å². The Labute approximate surface area is 447 Å². The number of nitrogens with zero attached hydrogens (tertiary/aromatic N) is 4. The summed E-state index contributed by atoms with van der Waals surface area (Å²) in [5.41, 5.74) is 23.6. The summed E-state index contributed by atoms with van der Waals surface area (Å²) in [7, 11) is 0. The van der Waals surface area contributed by atoms with E-state index in [-0.39, 0.29) is 20.1 Å².